The maximum Gasteiger partial charge on any atom is 0.269 e. The van der Waals surface area contributed by atoms with Gasteiger partial charge in [0.2, 0.25) is 0 Å². The van der Waals surface area contributed by atoms with Crippen molar-refractivity contribution in [3.05, 3.63) is 82.8 Å². The highest BCUT2D eigenvalue weighted by atomic mass is 35.5. The van der Waals surface area contributed by atoms with Gasteiger partial charge in [0.15, 0.2) is 0 Å². The Morgan fingerprint density at radius 1 is 1.18 bits per heavy atom. The molecule has 0 N–H and O–H groups in total. The summed E-state index contributed by atoms with van der Waals surface area (Å²) < 4.78 is 0. The Morgan fingerprint density at radius 3 is 2.79 bits per heavy atom. The highest BCUT2D eigenvalue weighted by molar-refractivity contribution is 6.33. The van der Waals surface area contributed by atoms with Gasteiger partial charge in [-0.2, -0.15) is 5.26 Å². The Labute approximate surface area is 196 Å². The Hall–Kier alpha value is -3.83. The van der Waals surface area contributed by atoms with Crippen LogP contribution in [0.1, 0.15) is 27.9 Å². The predicted octanol–water partition coefficient (Wildman–Crippen LogP) is 4.57. The number of aromatic nitrogens is 2. The van der Waals surface area contributed by atoms with Crippen LogP contribution >= 0.6 is 11.6 Å². The van der Waals surface area contributed by atoms with Gasteiger partial charge in [-0.3, -0.25) is 0 Å². The standard InChI is InChI=1S/C24H21ClN8/c1-17-7-8-22(19(11-17)12-26)32-10-9-21-20(14-32)23(28-16-27-21)33(24(25)15-29-31-30-24)13-18-5-3-2-4-6-18/h2-8,11,15-16H,9-10,13-14H2,1H3. The quantitative estimate of drug-likeness (QED) is 0.414. The number of fused-ring (bicyclic) bond motifs is 1. The topological polar surface area (TPSA) is 93.1 Å². The summed E-state index contributed by atoms with van der Waals surface area (Å²) in [7, 11) is 0. The summed E-state index contributed by atoms with van der Waals surface area (Å²) in [5.74, 6) is 0.682. The van der Waals surface area contributed by atoms with Crippen LogP contribution in [0.3, 0.4) is 0 Å². The van der Waals surface area contributed by atoms with E-state index in [4.69, 9.17) is 11.6 Å². The molecule has 9 heteroatoms. The van der Waals surface area contributed by atoms with E-state index >= 15 is 0 Å². The van der Waals surface area contributed by atoms with E-state index in [0.29, 0.717) is 24.5 Å². The Morgan fingerprint density at radius 2 is 2.03 bits per heavy atom. The van der Waals surface area contributed by atoms with Gasteiger partial charge in [0.1, 0.15) is 18.2 Å². The summed E-state index contributed by atoms with van der Waals surface area (Å²) in [4.78, 5) is 13.3. The van der Waals surface area contributed by atoms with Gasteiger partial charge in [-0.25, -0.2) is 9.97 Å². The van der Waals surface area contributed by atoms with Gasteiger partial charge in [-0.15, -0.1) is 10.2 Å². The Bertz CT molecular complexity index is 1270. The van der Waals surface area contributed by atoms with Crippen molar-refractivity contribution in [3.8, 4) is 6.07 Å². The van der Waals surface area contributed by atoms with Gasteiger partial charge >= 0.3 is 0 Å². The zero-order valence-corrected chi connectivity index (χ0v) is 18.8. The van der Waals surface area contributed by atoms with Crippen molar-refractivity contribution >= 4 is 29.3 Å². The summed E-state index contributed by atoms with van der Waals surface area (Å²) >= 11 is 6.88. The van der Waals surface area contributed by atoms with Gasteiger partial charge < -0.3 is 9.80 Å². The molecule has 33 heavy (non-hydrogen) atoms. The number of nitrogens with zero attached hydrogens (tertiary/aromatic N) is 8. The van der Waals surface area contributed by atoms with E-state index in [0.717, 1.165) is 41.0 Å². The molecule has 2 aliphatic rings. The molecule has 0 saturated heterocycles. The molecule has 0 amide bonds. The monoisotopic (exact) mass is 456 g/mol. The van der Waals surface area contributed by atoms with Crippen LogP contribution in [-0.4, -0.2) is 27.8 Å². The van der Waals surface area contributed by atoms with Gasteiger partial charge in [0, 0.05) is 31.6 Å². The lowest BCUT2D eigenvalue weighted by molar-refractivity contribution is 0.641. The molecule has 1 atom stereocenters. The molecule has 1 unspecified atom stereocenters. The highest BCUT2D eigenvalue weighted by Crippen LogP contribution is 2.37. The number of nitriles is 1. The van der Waals surface area contributed by atoms with Crippen LogP contribution < -0.4 is 9.80 Å². The van der Waals surface area contributed by atoms with Crippen molar-refractivity contribution in [2.24, 2.45) is 15.4 Å². The predicted molar refractivity (Wildman–Crippen MR) is 127 cm³/mol. The van der Waals surface area contributed by atoms with Crippen molar-refractivity contribution in [2.75, 3.05) is 16.3 Å². The normalized spacial score (nSPS) is 18.8. The highest BCUT2D eigenvalue weighted by Gasteiger charge is 2.39. The fourth-order valence-electron chi connectivity index (χ4n) is 4.22. The molecule has 0 radical (unpaired) electrons. The van der Waals surface area contributed by atoms with Gasteiger partial charge in [0.05, 0.1) is 23.2 Å². The van der Waals surface area contributed by atoms with Gasteiger partial charge in [-0.05, 0) is 35.4 Å². The van der Waals surface area contributed by atoms with E-state index in [1.165, 1.54) is 6.21 Å². The van der Waals surface area contributed by atoms with E-state index < -0.39 is 5.12 Å². The molecule has 8 nitrogen and oxygen atoms in total. The second kappa shape index (κ2) is 8.60. The third kappa shape index (κ3) is 4.03. The SMILES string of the molecule is Cc1ccc(N2CCc3ncnc(N(Cc4ccccc4)C4(Cl)C=NN=N4)c3C2)c(C#N)c1. The molecule has 0 spiro atoms. The van der Waals surface area contributed by atoms with Crippen LogP contribution in [0.2, 0.25) is 0 Å². The maximum atomic E-state index is 9.69. The second-order valence-electron chi connectivity index (χ2n) is 8.07. The number of anilines is 2. The molecule has 0 saturated carbocycles. The van der Waals surface area contributed by atoms with E-state index in [2.05, 4.69) is 36.4 Å². The lowest BCUT2D eigenvalue weighted by atomic mass is 10.0. The van der Waals surface area contributed by atoms with E-state index in [9.17, 15) is 5.26 Å². The fourth-order valence-corrected chi connectivity index (χ4v) is 4.43. The van der Waals surface area contributed by atoms with E-state index in [1.54, 1.807) is 6.33 Å². The lowest BCUT2D eigenvalue weighted by Gasteiger charge is -2.37. The minimum atomic E-state index is -1.28. The summed E-state index contributed by atoms with van der Waals surface area (Å²) in [5, 5.41) is 20.3. The first kappa shape index (κ1) is 21.0. The molecule has 0 aliphatic carbocycles. The summed E-state index contributed by atoms with van der Waals surface area (Å²) in [5.41, 5.74) is 5.59. The smallest absolute Gasteiger partial charge is 0.269 e. The minimum Gasteiger partial charge on any atom is -0.366 e. The Kier molecular flexibility index (Phi) is 5.48. The molecular formula is C24H21ClN8. The third-order valence-electron chi connectivity index (χ3n) is 5.87. The van der Waals surface area contributed by atoms with Crippen molar-refractivity contribution in [2.45, 2.75) is 31.6 Å². The van der Waals surface area contributed by atoms with Crippen LogP contribution in [0.4, 0.5) is 11.5 Å². The largest absolute Gasteiger partial charge is 0.366 e. The van der Waals surface area contributed by atoms with E-state index in [1.807, 2.05) is 60.4 Å². The van der Waals surface area contributed by atoms with Crippen LogP contribution in [0.15, 0.2) is 70.3 Å². The number of halogens is 1. The molecule has 5 rings (SSSR count). The van der Waals surface area contributed by atoms with Crippen LogP contribution in [0.5, 0.6) is 0 Å². The molecule has 3 heterocycles. The summed E-state index contributed by atoms with van der Waals surface area (Å²) in [6.07, 6.45) is 3.81. The first-order valence-corrected chi connectivity index (χ1v) is 11.0. The third-order valence-corrected chi connectivity index (χ3v) is 6.25. The molecule has 1 aromatic heterocycles. The van der Waals surface area contributed by atoms with Crippen molar-refractivity contribution in [3.63, 3.8) is 0 Å². The van der Waals surface area contributed by atoms with Gasteiger partial charge in [-0.1, -0.05) is 48.0 Å². The Balaban J connectivity index is 1.56. The number of hydrogen-bond acceptors (Lipinski definition) is 8. The van der Waals surface area contributed by atoms with Crippen molar-refractivity contribution in [1.29, 1.82) is 5.26 Å². The first-order valence-electron chi connectivity index (χ1n) is 10.6. The van der Waals surface area contributed by atoms with Crippen molar-refractivity contribution in [1.82, 2.24) is 9.97 Å². The lowest BCUT2D eigenvalue weighted by Crippen LogP contribution is -2.45. The molecular weight excluding hydrogens is 436 g/mol. The number of alkyl halides is 1. The number of hydrogen-bond donors (Lipinski definition) is 0. The summed E-state index contributed by atoms with van der Waals surface area (Å²) in [6, 6.07) is 18.3. The number of benzene rings is 2. The molecule has 164 valence electrons. The molecule has 2 aliphatic heterocycles. The zero-order valence-electron chi connectivity index (χ0n) is 18.1. The van der Waals surface area contributed by atoms with Crippen LogP contribution in [0, 0.1) is 18.3 Å². The molecule has 0 fully saturated rings. The van der Waals surface area contributed by atoms with E-state index in [-0.39, 0.29) is 0 Å². The maximum absolute atomic E-state index is 9.69. The fraction of sp³-hybridized carbons (Fsp3) is 0.250. The van der Waals surface area contributed by atoms with Crippen LogP contribution in [0.25, 0.3) is 0 Å². The second-order valence-corrected chi connectivity index (χ2v) is 8.62. The first-order chi connectivity index (χ1) is 16.1. The summed E-state index contributed by atoms with van der Waals surface area (Å²) in [6.45, 7) is 3.76. The van der Waals surface area contributed by atoms with Gasteiger partial charge in [0.25, 0.3) is 5.12 Å². The molecule has 3 aromatic rings. The number of rotatable bonds is 5. The van der Waals surface area contributed by atoms with Crippen LogP contribution in [-0.2, 0) is 19.5 Å². The molecule has 0 bridgehead atoms. The zero-order chi connectivity index (χ0) is 22.8. The van der Waals surface area contributed by atoms with Crippen molar-refractivity contribution < 1.29 is 0 Å². The number of aryl methyl sites for hydroxylation is 1. The molecule has 2 aromatic carbocycles. The minimum absolute atomic E-state index is 0.465. The average molecular weight is 457 g/mol. The average Bonchev–Trinajstić information content (AvgIpc) is 3.30.